The SMILES string of the molecule is C[C+](C)CC(C[C+](C)C)CC(C)C. The molecular weight excluding hydrogens is 156 g/mol. The van der Waals surface area contributed by atoms with Gasteiger partial charge in [-0.15, -0.1) is 0 Å². The molecule has 0 saturated carbocycles. The van der Waals surface area contributed by atoms with Crippen LogP contribution in [0.1, 0.15) is 60.8 Å². The summed E-state index contributed by atoms with van der Waals surface area (Å²) < 4.78 is 0. The molecule has 0 radical (unpaired) electrons. The molecule has 0 rings (SSSR count). The predicted octanol–water partition coefficient (Wildman–Crippen LogP) is 4.66. The number of hydrogen-bond acceptors (Lipinski definition) is 0. The van der Waals surface area contributed by atoms with Gasteiger partial charge >= 0.3 is 0 Å². The fourth-order valence-corrected chi connectivity index (χ4v) is 2.06. The first-order valence-corrected chi connectivity index (χ1v) is 5.49. The normalized spacial score (nSPS) is 11.1. The number of hydrogen-bond donors (Lipinski definition) is 0. The van der Waals surface area contributed by atoms with Gasteiger partial charge in [0.05, 0.1) is 52.4 Å². The van der Waals surface area contributed by atoms with E-state index in [1.165, 1.54) is 19.3 Å². The highest BCUT2D eigenvalue weighted by Gasteiger charge is 2.23. The lowest BCUT2D eigenvalue weighted by atomic mass is 9.84. The Hall–Kier alpha value is -0.260. The van der Waals surface area contributed by atoms with Crippen molar-refractivity contribution in [3.8, 4) is 0 Å². The van der Waals surface area contributed by atoms with Gasteiger partial charge in [-0.25, -0.2) is 0 Å². The fraction of sp³-hybridized carbons (Fsp3) is 0.846. The molecule has 0 heteroatoms. The Morgan fingerprint density at radius 3 is 1.46 bits per heavy atom. The van der Waals surface area contributed by atoms with E-state index in [2.05, 4.69) is 41.5 Å². The maximum atomic E-state index is 2.32. The molecular formula is C13H26+2. The Bertz CT molecular complexity index is 87.4. The lowest BCUT2D eigenvalue weighted by Gasteiger charge is -2.14. The van der Waals surface area contributed by atoms with Crippen LogP contribution < -0.4 is 0 Å². The molecule has 0 saturated heterocycles. The highest BCUT2D eigenvalue weighted by molar-refractivity contribution is 4.87. The van der Waals surface area contributed by atoms with Gasteiger partial charge in [0.1, 0.15) is 0 Å². The second kappa shape index (κ2) is 6.23. The van der Waals surface area contributed by atoms with Crippen molar-refractivity contribution >= 4 is 0 Å². The summed E-state index contributed by atoms with van der Waals surface area (Å²) in [6, 6.07) is 0. The quantitative estimate of drug-likeness (QED) is 0.524. The average Bonchev–Trinajstić information content (AvgIpc) is 1.80. The largest absolute Gasteiger partial charge is 0.0963 e. The third-order valence-electron chi connectivity index (χ3n) is 2.20. The van der Waals surface area contributed by atoms with Crippen molar-refractivity contribution in [3.05, 3.63) is 11.8 Å². The second-order valence-electron chi connectivity index (χ2n) is 5.32. The van der Waals surface area contributed by atoms with Gasteiger partial charge in [-0.05, 0) is 12.3 Å². The van der Waals surface area contributed by atoms with Crippen LogP contribution in [0.15, 0.2) is 0 Å². The zero-order valence-corrected chi connectivity index (χ0v) is 10.3. The monoisotopic (exact) mass is 182 g/mol. The molecule has 0 aliphatic carbocycles. The molecule has 0 nitrogen and oxygen atoms in total. The molecule has 76 valence electrons. The predicted molar refractivity (Wildman–Crippen MR) is 61.4 cm³/mol. The maximum Gasteiger partial charge on any atom is 0.0963 e. The third-order valence-corrected chi connectivity index (χ3v) is 2.20. The Kier molecular flexibility index (Phi) is 6.11. The smallest absolute Gasteiger partial charge is 0.0628 e. The third kappa shape index (κ3) is 8.08. The summed E-state index contributed by atoms with van der Waals surface area (Å²) in [5, 5.41) is 0. The molecule has 0 bridgehead atoms. The van der Waals surface area contributed by atoms with Gasteiger partial charge in [-0.2, -0.15) is 0 Å². The summed E-state index contributed by atoms with van der Waals surface area (Å²) in [5.74, 6) is 4.87. The molecule has 0 aromatic rings. The van der Waals surface area contributed by atoms with E-state index in [-0.39, 0.29) is 0 Å². The van der Waals surface area contributed by atoms with Crippen molar-refractivity contribution in [2.45, 2.75) is 60.8 Å². The van der Waals surface area contributed by atoms with Crippen molar-refractivity contribution in [3.63, 3.8) is 0 Å². The van der Waals surface area contributed by atoms with E-state index in [0.717, 1.165) is 11.8 Å². The molecule has 0 atom stereocenters. The van der Waals surface area contributed by atoms with Crippen LogP contribution in [0, 0.1) is 23.7 Å². The summed E-state index contributed by atoms with van der Waals surface area (Å²) in [4.78, 5) is 0. The van der Waals surface area contributed by atoms with Crippen LogP contribution in [-0.4, -0.2) is 0 Å². The van der Waals surface area contributed by atoms with Crippen LogP contribution in [0.4, 0.5) is 0 Å². The van der Waals surface area contributed by atoms with Gasteiger partial charge in [0.15, 0.2) is 0 Å². The van der Waals surface area contributed by atoms with Crippen LogP contribution in [0.5, 0.6) is 0 Å². The molecule has 0 aliphatic rings. The maximum absolute atomic E-state index is 2.32. The molecule has 0 aromatic heterocycles. The molecule has 0 N–H and O–H groups in total. The Labute approximate surface area is 85.1 Å². The summed E-state index contributed by atoms with van der Waals surface area (Å²) in [7, 11) is 0. The molecule has 0 fully saturated rings. The first kappa shape index (κ1) is 12.7. The van der Waals surface area contributed by atoms with Gasteiger partial charge in [0.25, 0.3) is 0 Å². The zero-order valence-electron chi connectivity index (χ0n) is 10.3. The van der Waals surface area contributed by atoms with Gasteiger partial charge in [0, 0.05) is 5.92 Å². The summed E-state index contributed by atoms with van der Waals surface area (Å²) >= 11 is 0. The lowest BCUT2D eigenvalue weighted by molar-refractivity contribution is 0.378. The van der Waals surface area contributed by atoms with Crippen LogP contribution in [0.2, 0.25) is 0 Å². The van der Waals surface area contributed by atoms with Crippen LogP contribution in [0.25, 0.3) is 0 Å². The standard InChI is InChI=1S/C13H26/c1-10(2)7-13(8-11(3)4)9-12(5)6/h10,13H,7-9H2,1-6H3/q+2. The van der Waals surface area contributed by atoms with Gasteiger partial charge in [-0.3, -0.25) is 0 Å². The van der Waals surface area contributed by atoms with E-state index in [4.69, 9.17) is 0 Å². The van der Waals surface area contributed by atoms with E-state index in [1.54, 1.807) is 11.8 Å². The highest BCUT2D eigenvalue weighted by atomic mass is 14.2. The van der Waals surface area contributed by atoms with Crippen molar-refractivity contribution in [2.75, 3.05) is 0 Å². The molecule has 0 aromatic carbocycles. The minimum Gasteiger partial charge on any atom is -0.0628 e. The first-order valence-electron chi connectivity index (χ1n) is 5.49. The second-order valence-corrected chi connectivity index (χ2v) is 5.32. The molecule has 0 aliphatic heterocycles. The summed E-state index contributed by atoms with van der Waals surface area (Å²) in [6.07, 6.45) is 3.99. The van der Waals surface area contributed by atoms with E-state index < -0.39 is 0 Å². The van der Waals surface area contributed by atoms with Gasteiger partial charge in [0.2, 0.25) is 0 Å². The topological polar surface area (TPSA) is 0 Å². The van der Waals surface area contributed by atoms with Crippen molar-refractivity contribution in [1.29, 1.82) is 0 Å². The fourth-order valence-electron chi connectivity index (χ4n) is 2.06. The first-order chi connectivity index (χ1) is 5.91. The average molecular weight is 182 g/mol. The van der Waals surface area contributed by atoms with Crippen LogP contribution in [0.3, 0.4) is 0 Å². The lowest BCUT2D eigenvalue weighted by Crippen LogP contribution is -2.09. The zero-order chi connectivity index (χ0) is 10.4. The van der Waals surface area contributed by atoms with Gasteiger partial charge < -0.3 is 0 Å². The highest BCUT2D eigenvalue weighted by Crippen LogP contribution is 2.27. The Morgan fingerprint density at radius 2 is 1.23 bits per heavy atom. The van der Waals surface area contributed by atoms with E-state index in [0.29, 0.717) is 0 Å². The molecule has 0 spiro atoms. The molecule has 0 heterocycles. The minimum absolute atomic E-state index is 0.837. The summed E-state index contributed by atoms with van der Waals surface area (Å²) in [6.45, 7) is 13.6. The molecule has 13 heavy (non-hydrogen) atoms. The molecule has 0 amide bonds. The van der Waals surface area contributed by atoms with Crippen molar-refractivity contribution in [1.82, 2.24) is 0 Å². The van der Waals surface area contributed by atoms with E-state index in [9.17, 15) is 0 Å². The van der Waals surface area contributed by atoms with Crippen LogP contribution >= 0.6 is 0 Å². The summed E-state index contributed by atoms with van der Waals surface area (Å²) in [5.41, 5.74) is 0. The Morgan fingerprint density at radius 1 is 0.846 bits per heavy atom. The molecule has 0 unspecified atom stereocenters. The van der Waals surface area contributed by atoms with E-state index >= 15 is 0 Å². The van der Waals surface area contributed by atoms with Crippen molar-refractivity contribution in [2.24, 2.45) is 11.8 Å². The Balaban J connectivity index is 3.87. The van der Waals surface area contributed by atoms with Crippen molar-refractivity contribution < 1.29 is 0 Å². The van der Waals surface area contributed by atoms with Gasteiger partial charge in [-0.1, -0.05) is 13.8 Å². The van der Waals surface area contributed by atoms with E-state index in [1.807, 2.05) is 0 Å². The number of rotatable bonds is 6. The minimum atomic E-state index is 0.837. The van der Waals surface area contributed by atoms with Crippen LogP contribution in [-0.2, 0) is 0 Å².